The number of carbonyl (C=O) groups is 1. The van der Waals surface area contributed by atoms with Crippen molar-refractivity contribution in [3.8, 4) is 0 Å². The van der Waals surface area contributed by atoms with Crippen molar-refractivity contribution in [2.45, 2.75) is 32.2 Å². The lowest BCUT2D eigenvalue weighted by Gasteiger charge is -2.09. The molecule has 0 aliphatic carbocycles. The molecule has 0 aromatic carbocycles. The molecule has 0 aromatic rings. The van der Waals surface area contributed by atoms with Gasteiger partial charge in [-0.2, -0.15) is 0 Å². The molecule has 1 atom stereocenters. The van der Waals surface area contributed by atoms with E-state index in [-0.39, 0.29) is 30.8 Å². The third-order valence-corrected chi connectivity index (χ3v) is 1.56. The molecule has 0 saturated carbocycles. The summed E-state index contributed by atoms with van der Waals surface area (Å²) in [7, 11) is 0. The zero-order chi connectivity index (χ0) is 9.40. The van der Waals surface area contributed by atoms with E-state index in [4.69, 9.17) is 16.2 Å². The molecule has 0 amide bonds. The lowest BCUT2D eigenvalue weighted by atomic mass is 10.1. The summed E-state index contributed by atoms with van der Waals surface area (Å²) in [5.41, 5.74) is 10.8. The van der Waals surface area contributed by atoms with Crippen molar-refractivity contribution >= 4 is 30.8 Å². The number of unbranched alkanes of at least 4 members (excludes halogenated alkanes) is 1. The van der Waals surface area contributed by atoms with Crippen LogP contribution in [0.3, 0.4) is 0 Å². The fourth-order valence-electron chi connectivity index (χ4n) is 0.876. The number of nitrogens with two attached hydrogens (primary N) is 2. The quantitative estimate of drug-likeness (QED) is 0.538. The molecule has 0 fully saturated rings. The fraction of sp³-hybridized carbons (Fsp3) is 0.875. The molecule has 6 heteroatoms. The predicted molar refractivity (Wildman–Crippen MR) is 62.0 cm³/mol. The minimum atomic E-state index is -0.475. The van der Waals surface area contributed by atoms with Crippen LogP contribution in [0.5, 0.6) is 0 Å². The number of rotatable bonds is 6. The summed E-state index contributed by atoms with van der Waals surface area (Å²) >= 11 is 0. The van der Waals surface area contributed by atoms with Crippen LogP contribution in [0.15, 0.2) is 0 Å². The number of halogens is 2. The minimum Gasteiger partial charge on any atom is -0.465 e. The lowest BCUT2D eigenvalue weighted by Crippen LogP contribution is -2.32. The molecule has 0 radical (unpaired) electrons. The van der Waals surface area contributed by atoms with Crippen molar-refractivity contribution in [1.29, 1.82) is 0 Å². The van der Waals surface area contributed by atoms with E-state index in [0.717, 1.165) is 12.8 Å². The molecule has 88 valence electrons. The van der Waals surface area contributed by atoms with Gasteiger partial charge in [-0.05, 0) is 26.3 Å². The van der Waals surface area contributed by atoms with Crippen molar-refractivity contribution < 1.29 is 9.53 Å². The van der Waals surface area contributed by atoms with Gasteiger partial charge < -0.3 is 16.2 Å². The molecule has 0 aliphatic heterocycles. The van der Waals surface area contributed by atoms with Crippen LogP contribution in [-0.2, 0) is 9.53 Å². The summed E-state index contributed by atoms with van der Waals surface area (Å²) < 4.78 is 4.74. The predicted octanol–water partition coefficient (Wildman–Crippen LogP) is 0.849. The Balaban J connectivity index is -0.000000605. The minimum absolute atomic E-state index is 0. The van der Waals surface area contributed by atoms with Crippen molar-refractivity contribution in [2.75, 3.05) is 13.2 Å². The molecule has 0 bridgehead atoms. The van der Waals surface area contributed by atoms with E-state index in [0.29, 0.717) is 19.6 Å². The van der Waals surface area contributed by atoms with Crippen LogP contribution in [0.25, 0.3) is 0 Å². The van der Waals surface area contributed by atoms with Gasteiger partial charge in [0.15, 0.2) is 0 Å². The Morgan fingerprint density at radius 2 is 1.93 bits per heavy atom. The highest BCUT2D eigenvalue weighted by Crippen LogP contribution is 1.99. The van der Waals surface area contributed by atoms with Gasteiger partial charge in [0.25, 0.3) is 0 Å². The number of carbonyl (C=O) groups excluding carboxylic acids is 1. The monoisotopic (exact) mass is 246 g/mol. The average Bonchev–Trinajstić information content (AvgIpc) is 2.05. The molecule has 0 heterocycles. The topological polar surface area (TPSA) is 78.3 Å². The maximum Gasteiger partial charge on any atom is 0.322 e. The Hall–Kier alpha value is -0.0300. The second-order valence-corrected chi connectivity index (χ2v) is 2.64. The van der Waals surface area contributed by atoms with Gasteiger partial charge in [-0.3, -0.25) is 4.79 Å². The van der Waals surface area contributed by atoms with E-state index < -0.39 is 6.04 Å². The van der Waals surface area contributed by atoms with E-state index >= 15 is 0 Å². The summed E-state index contributed by atoms with van der Waals surface area (Å²) in [5, 5.41) is 0. The first-order valence-corrected chi connectivity index (χ1v) is 4.34. The first kappa shape index (κ1) is 19.5. The maximum atomic E-state index is 11.0. The smallest absolute Gasteiger partial charge is 0.322 e. The zero-order valence-electron chi connectivity index (χ0n) is 8.40. The number of esters is 1. The number of hydrogen-bond acceptors (Lipinski definition) is 4. The summed E-state index contributed by atoms with van der Waals surface area (Å²) in [5.74, 6) is -0.311. The van der Waals surface area contributed by atoms with Gasteiger partial charge in [0.1, 0.15) is 6.04 Å². The van der Waals surface area contributed by atoms with Crippen LogP contribution in [0, 0.1) is 0 Å². The Morgan fingerprint density at radius 3 is 2.36 bits per heavy atom. The Morgan fingerprint density at radius 1 is 1.36 bits per heavy atom. The molecular weight excluding hydrogens is 227 g/mol. The summed E-state index contributed by atoms with van der Waals surface area (Å²) in [6.07, 6.45) is 2.46. The average molecular weight is 247 g/mol. The molecule has 0 aromatic heterocycles. The lowest BCUT2D eigenvalue weighted by molar-refractivity contribution is -0.144. The largest absolute Gasteiger partial charge is 0.465 e. The Kier molecular flexibility index (Phi) is 18.1. The molecule has 0 aliphatic rings. The van der Waals surface area contributed by atoms with E-state index in [2.05, 4.69) is 0 Å². The third-order valence-electron chi connectivity index (χ3n) is 1.56. The van der Waals surface area contributed by atoms with Crippen LogP contribution < -0.4 is 11.5 Å². The molecule has 14 heavy (non-hydrogen) atoms. The van der Waals surface area contributed by atoms with Gasteiger partial charge in [-0.15, -0.1) is 24.8 Å². The van der Waals surface area contributed by atoms with E-state index in [9.17, 15) is 4.79 Å². The molecule has 0 saturated heterocycles. The van der Waals surface area contributed by atoms with Crippen molar-refractivity contribution in [2.24, 2.45) is 11.5 Å². The van der Waals surface area contributed by atoms with Gasteiger partial charge in [0.05, 0.1) is 6.61 Å². The fourth-order valence-corrected chi connectivity index (χ4v) is 0.876. The third kappa shape index (κ3) is 10.1. The second kappa shape index (κ2) is 13.0. The molecule has 0 spiro atoms. The van der Waals surface area contributed by atoms with E-state index in [1.54, 1.807) is 6.92 Å². The SMILES string of the molecule is CCOC(=O)[C@@H](N)CCCCN.Cl.Cl. The highest BCUT2D eigenvalue weighted by molar-refractivity contribution is 5.85. The normalized spacial score (nSPS) is 10.8. The van der Waals surface area contributed by atoms with Gasteiger partial charge >= 0.3 is 5.97 Å². The number of hydrogen-bond donors (Lipinski definition) is 2. The molecule has 0 rings (SSSR count). The van der Waals surface area contributed by atoms with Crippen LogP contribution in [-0.4, -0.2) is 25.2 Å². The Bertz CT molecular complexity index is 137. The second-order valence-electron chi connectivity index (χ2n) is 2.64. The first-order valence-electron chi connectivity index (χ1n) is 4.34. The van der Waals surface area contributed by atoms with E-state index in [1.807, 2.05) is 0 Å². The Labute approximate surface area is 97.6 Å². The van der Waals surface area contributed by atoms with Crippen LogP contribution >= 0.6 is 24.8 Å². The van der Waals surface area contributed by atoms with Gasteiger partial charge in [0.2, 0.25) is 0 Å². The van der Waals surface area contributed by atoms with Crippen molar-refractivity contribution in [3.05, 3.63) is 0 Å². The van der Waals surface area contributed by atoms with Gasteiger partial charge in [-0.1, -0.05) is 6.42 Å². The van der Waals surface area contributed by atoms with Crippen LogP contribution in [0.1, 0.15) is 26.2 Å². The number of ether oxygens (including phenoxy) is 1. The standard InChI is InChI=1S/C8H18N2O2.2ClH/c1-2-12-8(11)7(10)5-3-4-6-9;;/h7H,2-6,9-10H2,1H3;2*1H/t7-;;/m0../s1. The van der Waals surface area contributed by atoms with Crippen molar-refractivity contribution in [1.82, 2.24) is 0 Å². The van der Waals surface area contributed by atoms with Gasteiger partial charge in [-0.25, -0.2) is 0 Å². The van der Waals surface area contributed by atoms with Crippen molar-refractivity contribution in [3.63, 3.8) is 0 Å². The first-order chi connectivity index (χ1) is 5.72. The highest BCUT2D eigenvalue weighted by Gasteiger charge is 2.12. The molecule has 4 nitrogen and oxygen atoms in total. The van der Waals surface area contributed by atoms with Gasteiger partial charge in [0, 0.05) is 0 Å². The summed E-state index contributed by atoms with van der Waals surface area (Å²) in [6, 6.07) is -0.475. The molecule has 4 N–H and O–H groups in total. The maximum absolute atomic E-state index is 11.0. The van der Waals surface area contributed by atoms with E-state index in [1.165, 1.54) is 0 Å². The summed E-state index contributed by atoms with van der Waals surface area (Å²) in [4.78, 5) is 11.0. The highest BCUT2D eigenvalue weighted by atomic mass is 35.5. The zero-order valence-corrected chi connectivity index (χ0v) is 10.0. The van der Waals surface area contributed by atoms with Crippen LogP contribution in [0.2, 0.25) is 0 Å². The summed E-state index contributed by atoms with van der Waals surface area (Å²) in [6.45, 7) is 2.81. The van der Waals surface area contributed by atoms with Crippen LogP contribution in [0.4, 0.5) is 0 Å². The molecular formula is C8H20Cl2N2O2. The molecule has 0 unspecified atom stereocenters.